The second-order valence-electron chi connectivity index (χ2n) is 7.80. The highest BCUT2D eigenvalue weighted by molar-refractivity contribution is 9.10. The molecule has 3 nitrogen and oxygen atoms in total. The van der Waals surface area contributed by atoms with Crippen molar-refractivity contribution in [1.29, 1.82) is 0 Å². The van der Waals surface area contributed by atoms with E-state index >= 15 is 0 Å². The van der Waals surface area contributed by atoms with E-state index in [1.807, 2.05) is 42.5 Å². The summed E-state index contributed by atoms with van der Waals surface area (Å²) in [6, 6.07) is 15.7. The molecule has 4 rings (SSSR count). The summed E-state index contributed by atoms with van der Waals surface area (Å²) in [6.45, 7) is 0.685. The van der Waals surface area contributed by atoms with Gasteiger partial charge in [0.2, 0.25) is 0 Å². The molecule has 1 saturated carbocycles. The Kier molecular flexibility index (Phi) is 7.30. The quantitative estimate of drug-likeness (QED) is 0.361. The van der Waals surface area contributed by atoms with E-state index in [2.05, 4.69) is 20.9 Å². The number of pyridine rings is 1. The molecular formula is C25H24BrF2NO2. The van der Waals surface area contributed by atoms with Crippen molar-refractivity contribution < 1.29 is 18.3 Å². The third-order valence-corrected chi connectivity index (χ3v) is 6.39. The number of hydrogen-bond acceptors (Lipinski definition) is 3. The van der Waals surface area contributed by atoms with Gasteiger partial charge in [0.25, 0.3) is 0 Å². The minimum atomic E-state index is -0.649. The Morgan fingerprint density at radius 2 is 1.71 bits per heavy atom. The van der Waals surface area contributed by atoms with Gasteiger partial charge in [-0.3, -0.25) is 4.98 Å². The summed E-state index contributed by atoms with van der Waals surface area (Å²) >= 11 is 3.49. The van der Waals surface area contributed by atoms with Gasteiger partial charge in [-0.1, -0.05) is 30.3 Å². The first kappa shape index (κ1) is 21.9. The molecule has 0 aliphatic heterocycles. The lowest BCUT2D eigenvalue weighted by atomic mass is 9.82. The maximum atomic E-state index is 14.6. The van der Waals surface area contributed by atoms with Crippen LogP contribution in [0.2, 0.25) is 0 Å². The summed E-state index contributed by atoms with van der Waals surface area (Å²) in [7, 11) is 0. The van der Waals surface area contributed by atoms with Crippen molar-refractivity contribution in [3.8, 4) is 5.75 Å². The molecule has 2 aromatic carbocycles. The molecule has 3 aromatic rings. The molecule has 0 spiro atoms. The monoisotopic (exact) mass is 487 g/mol. The Morgan fingerprint density at radius 1 is 0.935 bits per heavy atom. The summed E-state index contributed by atoms with van der Waals surface area (Å²) in [5.41, 5.74) is 2.42. The lowest BCUT2D eigenvalue weighted by Crippen LogP contribution is -2.21. The van der Waals surface area contributed by atoms with Crippen LogP contribution in [0.1, 0.15) is 48.4 Å². The third kappa shape index (κ3) is 5.69. The summed E-state index contributed by atoms with van der Waals surface area (Å²) in [4.78, 5) is 4.33. The summed E-state index contributed by atoms with van der Waals surface area (Å²) in [5, 5.41) is 0. The summed E-state index contributed by atoms with van der Waals surface area (Å²) in [5.74, 6) is -1.02. The summed E-state index contributed by atoms with van der Waals surface area (Å²) in [6.07, 6.45) is 5.08. The zero-order valence-electron chi connectivity index (χ0n) is 17.1. The minimum absolute atomic E-state index is 0.0393. The van der Waals surface area contributed by atoms with Gasteiger partial charge in [0, 0.05) is 22.3 Å². The van der Waals surface area contributed by atoms with Gasteiger partial charge in [-0.2, -0.15) is 0 Å². The summed E-state index contributed by atoms with van der Waals surface area (Å²) < 4.78 is 41.4. The standard InChI is InChI=1S/C25H24BrF2NO2/c26-22-7-4-12-29-24(22)16-30-20-10-8-18(9-11-20)21-13-19(27)14-23(28)25(21)31-15-17-5-2-1-3-6-17/h1-7,12-14,18,20H,8-11,15-16H2. The zero-order chi connectivity index (χ0) is 21.6. The Morgan fingerprint density at radius 3 is 2.45 bits per heavy atom. The molecular weight excluding hydrogens is 464 g/mol. The fourth-order valence-electron chi connectivity index (χ4n) is 4.03. The number of halogens is 3. The highest BCUT2D eigenvalue weighted by Crippen LogP contribution is 2.40. The van der Waals surface area contributed by atoms with E-state index in [1.54, 1.807) is 6.20 Å². The van der Waals surface area contributed by atoms with Gasteiger partial charge in [-0.15, -0.1) is 0 Å². The van der Waals surface area contributed by atoms with Crippen molar-refractivity contribution in [2.75, 3.05) is 0 Å². The first-order chi connectivity index (χ1) is 15.1. The molecule has 0 N–H and O–H groups in total. The molecule has 0 atom stereocenters. The number of aromatic nitrogens is 1. The SMILES string of the molecule is Fc1cc(F)c(OCc2ccccc2)c(C2CCC(OCc3ncccc3Br)CC2)c1. The fourth-order valence-corrected chi connectivity index (χ4v) is 4.40. The van der Waals surface area contributed by atoms with Crippen LogP contribution in [-0.2, 0) is 18.0 Å². The van der Waals surface area contributed by atoms with Crippen molar-refractivity contribution in [3.05, 3.63) is 93.7 Å². The largest absolute Gasteiger partial charge is 0.486 e. The fraction of sp³-hybridized carbons (Fsp3) is 0.320. The van der Waals surface area contributed by atoms with Gasteiger partial charge in [-0.05, 0) is 71.3 Å². The number of ether oxygens (including phenoxy) is 2. The van der Waals surface area contributed by atoms with E-state index in [9.17, 15) is 8.78 Å². The topological polar surface area (TPSA) is 31.4 Å². The zero-order valence-corrected chi connectivity index (χ0v) is 18.7. The van der Waals surface area contributed by atoms with Crippen LogP contribution >= 0.6 is 15.9 Å². The van der Waals surface area contributed by atoms with Gasteiger partial charge in [-0.25, -0.2) is 8.78 Å². The van der Waals surface area contributed by atoms with Crippen molar-refractivity contribution in [2.24, 2.45) is 0 Å². The average molecular weight is 488 g/mol. The molecule has 1 aliphatic rings. The van der Waals surface area contributed by atoms with Crippen LogP contribution in [0.3, 0.4) is 0 Å². The lowest BCUT2D eigenvalue weighted by Gasteiger charge is -2.30. The molecule has 1 heterocycles. The predicted octanol–water partition coefficient (Wildman–Crippen LogP) is 6.94. The Hall–Kier alpha value is -2.31. The molecule has 162 valence electrons. The molecule has 0 bridgehead atoms. The van der Waals surface area contributed by atoms with E-state index in [4.69, 9.17) is 9.47 Å². The van der Waals surface area contributed by atoms with Crippen LogP contribution in [-0.4, -0.2) is 11.1 Å². The smallest absolute Gasteiger partial charge is 0.168 e. The minimum Gasteiger partial charge on any atom is -0.486 e. The van der Waals surface area contributed by atoms with Crippen LogP contribution in [0.4, 0.5) is 8.78 Å². The second-order valence-corrected chi connectivity index (χ2v) is 8.65. The van der Waals surface area contributed by atoms with Gasteiger partial charge < -0.3 is 9.47 Å². The van der Waals surface area contributed by atoms with Crippen LogP contribution in [0.15, 0.2) is 65.3 Å². The molecule has 1 aromatic heterocycles. The molecule has 1 fully saturated rings. The highest BCUT2D eigenvalue weighted by Gasteiger charge is 2.27. The number of rotatable bonds is 7. The second kappa shape index (κ2) is 10.3. The predicted molar refractivity (Wildman–Crippen MR) is 119 cm³/mol. The van der Waals surface area contributed by atoms with Crippen LogP contribution < -0.4 is 4.74 Å². The highest BCUT2D eigenvalue weighted by atomic mass is 79.9. The maximum Gasteiger partial charge on any atom is 0.168 e. The van der Waals surface area contributed by atoms with E-state index in [1.165, 1.54) is 6.07 Å². The van der Waals surface area contributed by atoms with E-state index in [0.717, 1.165) is 47.5 Å². The Bertz CT molecular complexity index is 1010. The Labute approximate surface area is 189 Å². The first-order valence-electron chi connectivity index (χ1n) is 10.5. The molecule has 0 radical (unpaired) electrons. The van der Waals surface area contributed by atoms with Gasteiger partial charge in [0.15, 0.2) is 11.6 Å². The average Bonchev–Trinajstić information content (AvgIpc) is 2.78. The van der Waals surface area contributed by atoms with Crippen molar-refractivity contribution in [2.45, 2.75) is 50.9 Å². The number of nitrogens with zero attached hydrogens (tertiary/aromatic N) is 1. The van der Waals surface area contributed by atoms with Crippen LogP contribution in [0.5, 0.6) is 5.75 Å². The van der Waals surface area contributed by atoms with Crippen molar-refractivity contribution in [3.63, 3.8) is 0 Å². The van der Waals surface area contributed by atoms with E-state index in [-0.39, 0.29) is 24.4 Å². The molecule has 31 heavy (non-hydrogen) atoms. The first-order valence-corrected chi connectivity index (χ1v) is 11.3. The Balaban J connectivity index is 1.40. The van der Waals surface area contributed by atoms with E-state index < -0.39 is 11.6 Å². The van der Waals surface area contributed by atoms with Gasteiger partial charge in [0.05, 0.1) is 18.4 Å². The third-order valence-electron chi connectivity index (χ3n) is 5.67. The maximum absolute atomic E-state index is 14.6. The van der Waals surface area contributed by atoms with Crippen molar-refractivity contribution >= 4 is 15.9 Å². The van der Waals surface area contributed by atoms with Crippen LogP contribution in [0, 0.1) is 11.6 Å². The van der Waals surface area contributed by atoms with Gasteiger partial charge in [0.1, 0.15) is 12.4 Å². The number of hydrogen-bond donors (Lipinski definition) is 0. The molecule has 1 aliphatic carbocycles. The van der Waals surface area contributed by atoms with Crippen molar-refractivity contribution in [1.82, 2.24) is 4.98 Å². The van der Waals surface area contributed by atoms with Crippen LogP contribution in [0.25, 0.3) is 0 Å². The number of benzene rings is 2. The molecule has 0 amide bonds. The molecule has 6 heteroatoms. The lowest BCUT2D eigenvalue weighted by molar-refractivity contribution is 0.0113. The normalized spacial score (nSPS) is 18.7. The molecule has 0 saturated heterocycles. The van der Waals surface area contributed by atoms with E-state index in [0.29, 0.717) is 12.2 Å². The van der Waals surface area contributed by atoms with Gasteiger partial charge >= 0.3 is 0 Å². The molecule has 0 unspecified atom stereocenters.